The van der Waals surface area contributed by atoms with Crippen molar-refractivity contribution < 1.29 is 24.4 Å². The quantitative estimate of drug-likeness (QED) is 0.557. The fourth-order valence-corrected chi connectivity index (χ4v) is 3.17. The predicted molar refractivity (Wildman–Crippen MR) is 117 cm³/mol. The molecule has 0 aliphatic carbocycles. The minimum Gasteiger partial charge on any atom is -0.490 e. The number of carbonyl (C=O) groups is 2. The summed E-state index contributed by atoms with van der Waals surface area (Å²) >= 11 is 0. The highest BCUT2D eigenvalue weighted by Gasteiger charge is 2.21. The Hall–Kier alpha value is -3.06. The van der Waals surface area contributed by atoms with Gasteiger partial charge in [0, 0.05) is 23.2 Å². The Labute approximate surface area is 178 Å². The number of hydrogen-bond acceptors (Lipinski definition) is 4. The van der Waals surface area contributed by atoms with Crippen LogP contribution in [0.3, 0.4) is 0 Å². The maximum absolute atomic E-state index is 12.3. The van der Waals surface area contributed by atoms with Crippen LogP contribution < -0.4 is 25.4 Å². The van der Waals surface area contributed by atoms with Gasteiger partial charge in [-0.3, -0.25) is 10.1 Å². The molecule has 0 aromatic heterocycles. The molecular weight excluding hydrogens is 382 g/mol. The first-order chi connectivity index (χ1) is 14.4. The molecule has 7 heteroatoms. The fourth-order valence-electron chi connectivity index (χ4n) is 3.17. The van der Waals surface area contributed by atoms with Crippen LogP contribution in [0.1, 0.15) is 39.3 Å². The van der Waals surface area contributed by atoms with Gasteiger partial charge in [0.2, 0.25) is 0 Å². The summed E-state index contributed by atoms with van der Waals surface area (Å²) in [4.78, 5) is 24.5. The Morgan fingerprint density at radius 3 is 2.27 bits per heavy atom. The molecule has 7 nitrogen and oxygen atoms in total. The zero-order chi connectivity index (χ0) is 21.9. The van der Waals surface area contributed by atoms with Crippen molar-refractivity contribution in [2.45, 2.75) is 33.7 Å². The number of nitrogens with one attached hydrogen (secondary N) is 2. The molecule has 0 unspecified atom stereocenters. The molecule has 4 N–H and O–H groups in total. The van der Waals surface area contributed by atoms with Crippen LogP contribution in [0, 0.1) is 5.92 Å². The van der Waals surface area contributed by atoms with E-state index in [1.54, 1.807) is 18.2 Å². The first-order valence-electron chi connectivity index (χ1n) is 10.3. The van der Waals surface area contributed by atoms with Crippen LogP contribution in [-0.2, 0) is 4.79 Å². The van der Waals surface area contributed by atoms with E-state index in [1.165, 1.54) is 0 Å². The van der Waals surface area contributed by atoms with Gasteiger partial charge >= 0.3 is 6.03 Å². The van der Waals surface area contributed by atoms with Crippen molar-refractivity contribution in [3.63, 3.8) is 0 Å². The molecule has 30 heavy (non-hydrogen) atoms. The summed E-state index contributed by atoms with van der Waals surface area (Å²) in [6, 6.07) is 14.7. The first kappa shape index (κ1) is 23.2. The zero-order valence-electron chi connectivity index (χ0n) is 18.1. The molecule has 2 rings (SSSR count). The Bertz CT molecular complexity index is 824. The highest BCUT2D eigenvalue weighted by molar-refractivity contribution is 6.01. The molecule has 0 saturated heterocycles. The lowest BCUT2D eigenvalue weighted by Crippen LogP contribution is -2.88. The van der Waals surface area contributed by atoms with Crippen molar-refractivity contribution in [2.75, 3.05) is 25.1 Å². The average Bonchev–Trinajstić information content (AvgIpc) is 2.71. The molecule has 3 amide bonds. The largest absolute Gasteiger partial charge is 0.490 e. The zero-order valence-corrected chi connectivity index (χ0v) is 18.1. The second kappa shape index (κ2) is 11.8. The van der Waals surface area contributed by atoms with Gasteiger partial charge in [-0.1, -0.05) is 44.2 Å². The highest BCUT2D eigenvalue weighted by atomic mass is 16.5. The SMILES string of the molecule is CCOc1ccc(NC(=O)NC(=O)C[NH2+][C@H](c2ccccc2)C(C)C)cc1OCC. The second-order valence-electron chi connectivity index (χ2n) is 7.15. The van der Waals surface area contributed by atoms with Crippen molar-refractivity contribution in [3.05, 3.63) is 54.1 Å². The van der Waals surface area contributed by atoms with E-state index in [1.807, 2.05) is 49.5 Å². The number of nitrogens with two attached hydrogens (primary N) is 1. The van der Waals surface area contributed by atoms with E-state index in [2.05, 4.69) is 24.5 Å². The first-order valence-corrected chi connectivity index (χ1v) is 10.3. The van der Waals surface area contributed by atoms with Crippen LogP contribution in [0.15, 0.2) is 48.5 Å². The molecular formula is C23H32N3O4+. The van der Waals surface area contributed by atoms with E-state index in [0.29, 0.717) is 36.3 Å². The van der Waals surface area contributed by atoms with E-state index in [9.17, 15) is 9.59 Å². The lowest BCUT2D eigenvalue weighted by molar-refractivity contribution is -0.692. The molecule has 2 aromatic carbocycles. The van der Waals surface area contributed by atoms with Crippen LogP contribution >= 0.6 is 0 Å². The summed E-state index contributed by atoms with van der Waals surface area (Å²) in [5.41, 5.74) is 1.67. The van der Waals surface area contributed by atoms with Gasteiger partial charge in [0.1, 0.15) is 6.04 Å². The summed E-state index contributed by atoms with van der Waals surface area (Å²) in [6.45, 7) is 9.12. The number of imide groups is 1. The summed E-state index contributed by atoms with van der Waals surface area (Å²) in [7, 11) is 0. The summed E-state index contributed by atoms with van der Waals surface area (Å²) in [6.07, 6.45) is 0. The summed E-state index contributed by atoms with van der Waals surface area (Å²) in [5, 5.41) is 6.99. The van der Waals surface area contributed by atoms with E-state index in [-0.39, 0.29) is 18.5 Å². The topological polar surface area (TPSA) is 93.3 Å². The molecule has 0 heterocycles. The number of ether oxygens (including phenoxy) is 2. The van der Waals surface area contributed by atoms with Gasteiger partial charge in [0.05, 0.1) is 13.2 Å². The predicted octanol–water partition coefficient (Wildman–Crippen LogP) is 3.09. The van der Waals surface area contributed by atoms with Crippen LogP contribution in [0.25, 0.3) is 0 Å². The molecule has 0 saturated carbocycles. The normalized spacial score (nSPS) is 11.6. The fraction of sp³-hybridized carbons (Fsp3) is 0.391. The number of benzene rings is 2. The molecule has 1 atom stereocenters. The minimum absolute atomic E-state index is 0.139. The molecule has 0 aliphatic rings. The molecule has 162 valence electrons. The molecule has 0 bridgehead atoms. The third-order valence-electron chi connectivity index (χ3n) is 4.51. The Balaban J connectivity index is 1.91. The van der Waals surface area contributed by atoms with Gasteiger partial charge in [-0.05, 0) is 26.0 Å². The van der Waals surface area contributed by atoms with E-state index in [4.69, 9.17) is 9.47 Å². The van der Waals surface area contributed by atoms with Gasteiger partial charge < -0.3 is 20.1 Å². The molecule has 0 aliphatic heterocycles. The average molecular weight is 415 g/mol. The number of carbonyl (C=O) groups excluding carboxylic acids is 2. The van der Waals surface area contributed by atoms with E-state index >= 15 is 0 Å². The van der Waals surface area contributed by atoms with Gasteiger partial charge in [-0.25, -0.2) is 4.79 Å². The minimum atomic E-state index is -0.583. The van der Waals surface area contributed by atoms with E-state index in [0.717, 1.165) is 5.56 Å². The Kier molecular flexibility index (Phi) is 9.15. The van der Waals surface area contributed by atoms with Gasteiger partial charge in [0.15, 0.2) is 18.0 Å². The molecule has 0 radical (unpaired) electrons. The van der Waals surface area contributed by atoms with Gasteiger partial charge in [-0.2, -0.15) is 0 Å². The van der Waals surface area contributed by atoms with Crippen LogP contribution in [0.5, 0.6) is 11.5 Å². The summed E-state index contributed by atoms with van der Waals surface area (Å²) in [5.74, 6) is 1.14. The second-order valence-corrected chi connectivity index (χ2v) is 7.15. The summed E-state index contributed by atoms with van der Waals surface area (Å²) < 4.78 is 11.1. The van der Waals surface area contributed by atoms with Crippen molar-refractivity contribution in [1.82, 2.24) is 5.32 Å². The maximum Gasteiger partial charge on any atom is 0.326 e. The number of amides is 3. The van der Waals surface area contributed by atoms with Crippen molar-refractivity contribution in [3.8, 4) is 11.5 Å². The lowest BCUT2D eigenvalue weighted by Gasteiger charge is -2.19. The highest BCUT2D eigenvalue weighted by Crippen LogP contribution is 2.30. The molecule has 0 spiro atoms. The molecule has 0 fully saturated rings. The number of quaternary nitrogens is 1. The third-order valence-corrected chi connectivity index (χ3v) is 4.51. The standard InChI is InChI=1S/C23H31N3O4/c1-5-29-19-13-12-18(14-20(19)30-6-2)25-23(28)26-21(27)15-24-22(16(3)4)17-10-8-7-9-11-17/h7-14,16,22,24H,5-6,15H2,1-4H3,(H2,25,26,27,28)/p+1/t22-/m0/s1. The van der Waals surface area contributed by atoms with E-state index < -0.39 is 6.03 Å². The number of rotatable bonds is 10. The van der Waals surface area contributed by atoms with Crippen molar-refractivity contribution in [2.24, 2.45) is 5.92 Å². The van der Waals surface area contributed by atoms with Crippen molar-refractivity contribution >= 4 is 17.6 Å². The molecule has 2 aromatic rings. The van der Waals surface area contributed by atoms with Gasteiger partial charge in [-0.15, -0.1) is 0 Å². The monoisotopic (exact) mass is 414 g/mol. The van der Waals surface area contributed by atoms with Gasteiger partial charge in [0.25, 0.3) is 5.91 Å². The van der Waals surface area contributed by atoms with Crippen LogP contribution in [-0.4, -0.2) is 31.7 Å². The maximum atomic E-state index is 12.3. The lowest BCUT2D eigenvalue weighted by atomic mass is 9.96. The van der Waals surface area contributed by atoms with Crippen molar-refractivity contribution in [1.29, 1.82) is 0 Å². The number of urea groups is 1. The number of anilines is 1. The smallest absolute Gasteiger partial charge is 0.326 e. The Morgan fingerprint density at radius 1 is 0.967 bits per heavy atom. The van der Waals surface area contributed by atoms with Crippen LogP contribution in [0.4, 0.5) is 10.5 Å². The number of hydrogen-bond donors (Lipinski definition) is 3. The van der Waals surface area contributed by atoms with Crippen LogP contribution in [0.2, 0.25) is 0 Å². The third kappa shape index (κ3) is 7.08. The Morgan fingerprint density at radius 2 is 1.63 bits per heavy atom.